The molecule has 0 aromatic heterocycles. The molecule has 2 fully saturated rings. The molecule has 0 aliphatic carbocycles. The molecule has 0 saturated carbocycles. The molecule has 2 saturated heterocycles. The number of nitrogens with zero attached hydrogens (tertiary/aromatic N) is 1. The van der Waals surface area contributed by atoms with Crippen molar-refractivity contribution in [3.8, 4) is 0 Å². The molecule has 2 aliphatic rings. The Balaban J connectivity index is 1.52. The number of hydrogen-bond acceptors (Lipinski definition) is 3. The lowest BCUT2D eigenvalue weighted by atomic mass is 9.86. The highest BCUT2D eigenvalue weighted by molar-refractivity contribution is 5.76. The first-order valence-corrected chi connectivity index (χ1v) is 8.86. The van der Waals surface area contributed by atoms with Crippen LogP contribution >= 0.6 is 0 Å². The van der Waals surface area contributed by atoms with Crippen LogP contribution in [0.2, 0.25) is 0 Å². The number of rotatable bonds is 4. The van der Waals surface area contributed by atoms with E-state index >= 15 is 0 Å². The van der Waals surface area contributed by atoms with E-state index in [2.05, 4.69) is 6.07 Å². The van der Waals surface area contributed by atoms with Gasteiger partial charge in [-0.05, 0) is 49.1 Å². The van der Waals surface area contributed by atoms with Gasteiger partial charge in [0.25, 0.3) is 0 Å². The van der Waals surface area contributed by atoms with Crippen molar-refractivity contribution < 1.29 is 14.6 Å². The fraction of sp³-hybridized carbons (Fsp3) is 0.632. The van der Waals surface area contributed by atoms with Gasteiger partial charge in [-0.1, -0.05) is 24.3 Å². The molecule has 0 spiro atoms. The van der Waals surface area contributed by atoms with Crippen molar-refractivity contribution in [1.82, 2.24) is 4.90 Å². The number of piperidine rings is 1. The zero-order chi connectivity index (χ0) is 16.1. The highest BCUT2D eigenvalue weighted by Gasteiger charge is 2.27. The van der Waals surface area contributed by atoms with Crippen LogP contribution in [0.1, 0.15) is 55.6 Å². The summed E-state index contributed by atoms with van der Waals surface area (Å²) in [6, 6.07) is 8.11. The van der Waals surface area contributed by atoms with Crippen molar-refractivity contribution >= 4 is 5.91 Å². The quantitative estimate of drug-likeness (QED) is 0.929. The van der Waals surface area contributed by atoms with E-state index in [1.165, 1.54) is 12.0 Å². The number of aliphatic hydroxyl groups excluding tert-OH is 1. The third kappa shape index (κ3) is 4.12. The van der Waals surface area contributed by atoms with E-state index < -0.39 is 0 Å². The van der Waals surface area contributed by atoms with Gasteiger partial charge < -0.3 is 14.7 Å². The normalized spacial score (nSPS) is 23.0. The minimum atomic E-state index is 0.0916. The van der Waals surface area contributed by atoms with Gasteiger partial charge in [0.2, 0.25) is 5.91 Å². The van der Waals surface area contributed by atoms with E-state index in [9.17, 15) is 9.90 Å². The average molecular weight is 317 g/mol. The summed E-state index contributed by atoms with van der Waals surface area (Å²) in [6.45, 7) is 2.53. The summed E-state index contributed by atoms with van der Waals surface area (Å²) < 4.78 is 5.68. The number of benzene rings is 1. The molecule has 4 heteroatoms. The molecular weight excluding hydrogens is 290 g/mol. The van der Waals surface area contributed by atoms with E-state index in [1.807, 2.05) is 23.1 Å². The Labute approximate surface area is 138 Å². The van der Waals surface area contributed by atoms with Gasteiger partial charge in [0.1, 0.15) is 0 Å². The van der Waals surface area contributed by atoms with E-state index in [0.717, 1.165) is 50.9 Å². The lowest BCUT2D eigenvalue weighted by Gasteiger charge is -2.34. The Morgan fingerprint density at radius 3 is 2.65 bits per heavy atom. The average Bonchev–Trinajstić information content (AvgIpc) is 2.62. The maximum atomic E-state index is 12.4. The molecule has 1 unspecified atom stereocenters. The molecule has 1 aromatic carbocycles. The van der Waals surface area contributed by atoms with Gasteiger partial charge in [0.15, 0.2) is 0 Å². The number of carbonyl (C=O) groups is 1. The summed E-state index contributed by atoms with van der Waals surface area (Å²) in [5, 5.41) is 9.49. The largest absolute Gasteiger partial charge is 0.392 e. The Morgan fingerprint density at radius 1 is 1.17 bits per heavy atom. The number of aliphatic hydroxyl groups is 1. The van der Waals surface area contributed by atoms with Crippen molar-refractivity contribution in [2.45, 2.75) is 57.2 Å². The molecule has 1 aromatic rings. The van der Waals surface area contributed by atoms with E-state index in [4.69, 9.17) is 4.74 Å². The van der Waals surface area contributed by atoms with Crippen LogP contribution in [0.4, 0.5) is 0 Å². The molecule has 1 N–H and O–H groups in total. The second-order valence-electron chi connectivity index (χ2n) is 6.70. The van der Waals surface area contributed by atoms with Crippen LogP contribution in [-0.2, 0) is 16.1 Å². The fourth-order valence-electron chi connectivity index (χ4n) is 3.81. The van der Waals surface area contributed by atoms with Crippen molar-refractivity contribution in [2.75, 3.05) is 19.7 Å². The number of hydrogen-bond donors (Lipinski definition) is 1. The predicted octanol–water partition coefficient (Wildman–Crippen LogP) is 2.84. The first kappa shape index (κ1) is 16.5. The molecule has 2 aliphatic heterocycles. The van der Waals surface area contributed by atoms with Gasteiger partial charge in [-0.2, -0.15) is 0 Å². The molecule has 1 amide bonds. The standard InChI is InChI=1S/C19H27NO3/c21-14-16-5-1-2-7-18(16)15-8-10-20(11-9-15)19(22)13-17-6-3-4-12-23-17/h1-2,5,7,15,17,21H,3-4,6,8-14H2. The third-order valence-electron chi connectivity index (χ3n) is 5.19. The summed E-state index contributed by atoms with van der Waals surface area (Å²) >= 11 is 0. The number of amides is 1. The van der Waals surface area contributed by atoms with Crippen LogP contribution in [0.15, 0.2) is 24.3 Å². The summed E-state index contributed by atoms with van der Waals surface area (Å²) in [7, 11) is 0. The maximum Gasteiger partial charge on any atom is 0.225 e. The number of ether oxygens (including phenoxy) is 1. The lowest BCUT2D eigenvalue weighted by Crippen LogP contribution is -2.40. The fourth-order valence-corrected chi connectivity index (χ4v) is 3.81. The minimum Gasteiger partial charge on any atom is -0.392 e. The Hall–Kier alpha value is -1.39. The van der Waals surface area contributed by atoms with Crippen LogP contribution < -0.4 is 0 Å². The van der Waals surface area contributed by atoms with Gasteiger partial charge in [0.05, 0.1) is 19.1 Å². The van der Waals surface area contributed by atoms with Crippen molar-refractivity contribution in [1.29, 1.82) is 0 Å². The van der Waals surface area contributed by atoms with Crippen molar-refractivity contribution in [3.63, 3.8) is 0 Å². The second-order valence-corrected chi connectivity index (χ2v) is 6.70. The van der Waals surface area contributed by atoms with Gasteiger partial charge in [-0.15, -0.1) is 0 Å². The number of carbonyl (C=O) groups excluding carboxylic acids is 1. The number of likely N-dealkylation sites (tertiary alicyclic amines) is 1. The maximum absolute atomic E-state index is 12.4. The molecule has 126 valence electrons. The summed E-state index contributed by atoms with van der Waals surface area (Å²) in [4.78, 5) is 14.4. The zero-order valence-corrected chi connectivity index (χ0v) is 13.7. The predicted molar refractivity (Wildman–Crippen MR) is 89.1 cm³/mol. The first-order chi connectivity index (χ1) is 11.3. The van der Waals surface area contributed by atoms with Gasteiger partial charge in [-0.25, -0.2) is 0 Å². The monoisotopic (exact) mass is 317 g/mol. The smallest absolute Gasteiger partial charge is 0.225 e. The molecule has 0 radical (unpaired) electrons. The minimum absolute atomic E-state index is 0.0916. The van der Waals surface area contributed by atoms with Crippen LogP contribution in [-0.4, -0.2) is 41.7 Å². The summed E-state index contributed by atoms with van der Waals surface area (Å²) in [5.74, 6) is 0.694. The lowest BCUT2D eigenvalue weighted by molar-refractivity contribution is -0.136. The highest BCUT2D eigenvalue weighted by atomic mass is 16.5. The summed E-state index contributed by atoms with van der Waals surface area (Å²) in [6.07, 6.45) is 5.95. The van der Waals surface area contributed by atoms with Gasteiger partial charge in [-0.3, -0.25) is 4.79 Å². The molecule has 0 bridgehead atoms. The van der Waals surface area contributed by atoms with Crippen molar-refractivity contribution in [3.05, 3.63) is 35.4 Å². The topological polar surface area (TPSA) is 49.8 Å². The molecular formula is C19H27NO3. The first-order valence-electron chi connectivity index (χ1n) is 8.86. The van der Waals surface area contributed by atoms with Crippen molar-refractivity contribution in [2.24, 2.45) is 0 Å². The van der Waals surface area contributed by atoms with Gasteiger partial charge >= 0.3 is 0 Å². The van der Waals surface area contributed by atoms with Crippen LogP contribution in [0.3, 0.4) is 0 Å². The van der Waals surface area contributed by atoms with Crippen LogP contribution in [0, 0.1) is 0 Å². The Bertz CT molecular complexity index is 517. The Kier molecular flexibility index (Phi) is 5.68. The zero-order valence-electron chi connectivity index (χ0n) is 13.7. The molecule has 1 atom stereocenters. The summed E-state index contributed by atoms with van der Waals surface area (Å²) in [5.41, 5.74) is 2.27. The van der Waals surface area contributed by atoms with E-state index in [-0.39, 0.29) is 18.6 Å². The third-order valence-corrected chi connectivity index (χ3v) is 5.19. The molecule has 4 nitrogen and oxygen atoms in total. The van der Waals surface area contributed by atoms with Gasteiger partial charge in [0, 0.05) is 19.7 Å². The molecule has 2 heterocycles. The second kappa shape index (κ2) is 7.93. The van der Waals surface area contributed by atoms with E-state index in [1.54, 1.807) is 0 Å². The molecule has 3 rings (SSSR count). The highest BCUT2D eigenvalue weighted by Crippen LogP contribution is 2.31. The Morgan fingerprint density at radius 2 is 1.96 bits per heavy atom. The molecule has 23 heavy (non-hydrogen) atoms. The van der Waals surface area contributed by atoms with Crippen LogP contribution in [0.25, 0.3) is 0 Å². The van der Waals surface area contributed by atoms with Crippen LogP contribution in [0.5, 0.6) is 0 Å². The SMILES string of the molecule is O=C(CC1CCCCO1)N1CCC(c2ccccc2CO)CC1. The van der Waals surface area contributed by atoms with E-state index in [0.29, 0.717) is 12.3 Å².